The van der Waals surface area contributed by atoms with Crippen LogP contribution in [-0.2, 0) is 6.61 Å². The van der Waals surface area contributed by atoms with Gasteiger partial charge >= 0.3 is 0 Å². The molecule has 0 saturated carbocycles. The molecule has 2 aromatic heterocycles. The fourth-order valence-electron chi connectivity index (χ4n) is 2.76. The number of para-hydroxylation sites is 3. The number of rotatable bonds is 5. The van der Waals surface area contributed by atoms with Gasteiger partial charge in [-0.05, 0) is 36.4 Å². The number of amides is 1. The number of phenols is 1. The summed E-state index contributed by atoms with van der Waals surface area (Å²) in [5.41, 5.74) is 2.32. The molecule has 27 heavy (non-hydrogen) atoms. The summed E-state index contributed by atoms with van der Waals surface area (Å²) in [6, 6.07) is 19.3. The number of phenolic OH excluding ortho intramolecular Hbond substituents is 1. The second-order valence-corrected chi connectivity index (χ2v) is 5.95. The lowest BCUT2D eigenvalue weighted by molar-refractivity contribution is 0.102. The fraction of sp³-hybridized carbons (Fsp3) is 0.0476. The average Bonchev–Trinajstić information content (AvgIpc) is 3.11. The van der Waals surface area contributed by atoms with Gasteiger partial charge in [0.1, 0.15) is 23.8 Å². The highest BCUT2D eigenvalue weighted by Crippen LogP contribution is 2.25. The predicted molar refractivity (Wildman–Crippen MR) is 102 cm³/mol. The zero-order valence-electron chi connectivity index (χ0n) is 14.4. The van der Waals surface area contributed by atoms with Crippen LogP contribution in [0.2, 0.25) is 0 Å². The molecule has 6 nitrogen and oxygen atoms in total. The van der Waals surface area contributed by atoms with E-state index in [0.29, 0.717) is 17.0 Å². The topological polar surface area (TPSA) is 75.9 Å². The van der Waals surface area contributed by atoms with Gasteiger partial charge < -0.3 is 19.6 Å². The van der Waals surface area contributed by atoms with Crippen LogP contribution in [0.3, 0.4) is 0 Å². The first-order valence-corrected chi connectivity index (χ1v) is 8.44. The van der Waals surface area contributed by atoms with E-state index in [2.05, 4.69) is 10.3 Å². The van der Waals surface area contributed by atoms with Gasteiger partial charge in [0, 0.05) is 12.4 Å². The first-order chi connectivity index (χ1) is 13.2. The van der Waals surface area contributed by atoms with Gasteiger partial charge in [0.05, 0.1) is 16.9 Å². The monoisotopic (exact) mass is 359 g/mol. The Balaban J connectivity index is 1.52. The third-order valence-corrected chi connectivity index (χ3v) is 4.07. The van der Waals surface area contributed by atoms with E-state index >= 15 is 0 Å². The molecule has 0 aliphatic rings. The van der Waals surface area contributed by atoms with E-state index < -0.39 is 0 Å². The lowest BCUT2D eigenvalue weighted by Crippen LogP contribution is -2.13. The van der Waals surface area contributed by atoms with Gasteiger partial charge in [-0.15, -0.1) is 0 Å². The Kier molecular flexibility index (Phi) is 4.45. The highest BCUT2D eigenvalue weighted by molar-refractivity contribution is 6.06. The van der Waals surface area contributed by atoms with E-state index in [1.165, 1.54) is 6.07 Å². The van der Waals surface area contributed by atoms with E-state index in [4.69, 9.17) is 4.74 Å². The minimum Gasteiger partial charge on any atom is -0.506 e. The standard InChI is InChI=1S/C21H17N3O3/c25-18-9-3-2-8-17(18)23-21(26)16-7-1-4-10-19(16)27-14-15-13-24-12-6-5-11-20(24)22-15/h1-13,25H,14H2,(H,23,26). The van der Waals surface area contributed by atoms with Crippen molar-refractivity contribution in [3.8, 4) is 11.5 Å². The van der Waals surface area contributed by atoms with Crippen LogP contribution in [-0.4, -0.2) is 20.4 Å². The Bertz CT molecular complexity index is 1070. The number of aromatic hydroxyl groups is 1. The van der Waals surface area contributed by atoms with Crippen molar-refractivity contribution in [2.75, 3.05) is 5.32 Å². The minimum absolute atomic E-state index is 0.00829. The number of nitrogens with zero attached hydrogens (tertiary/aromatic N) is 2. The average molecular weight is 359 g/mol. The van der Waals surface area contributed by atoms with Crippen molar-refractivity contribution in [1.29, 1.82) is 0 Å². The number of nitrogens with one attached hydrogen (secondary N) is 1. The van der Waals surface area contributed by atoms with E-state index in [9.17, 15) is 9.90 Å². The number of hydrogen-bond donors (Lipinski definition) is 2. The van der Waals surface area contributed by atoms with E-state index in [-0.39, 0.29) is 18.3 Å². The van der Waals surface area contributed by atoms with Gasteiger partial charge in [-0.1, -0.05) is 30.3 Å². The van der Waals surface area contributed by atoms with E-state index in [1.54, 1.807) is 42.5 Å². The number of ether oxygens (including phenoxy) is 1. The van der Waals surface area contributed by atoms with Crippen molar-refractivity contribution in [3.63, 3.8) is 0 Å². The molecule has 0 spiro atoms. The summed E-state index contributed by atoms with van der Waals surface area (Å²) in [7, 11) is 0. The van der Waals surface area contributed by atoms with Crippen molar-refractivity contribution in [2.45, 2.75) is 6.61 Å². The molecule has 0 bridgehead atoms. The van der Waals surface area contributed by atoms with E-state index in [0.717, 1.165) is 11.3 Å². The van der Waals surface area contributed by atoms with Crippen LogP contribution in [0.4, 0.5) is 5.69 Å². The Morgan fingerprint density at radius 2 is 1.81 bits per heavy atom. The molecule has 0 aliphatic heterocycles. The third-order valence-electron chi connectivity index (χ3n) is 4.07. The van der Waals surface area contributed by atoms with Crippen molar-refractivity contribution in [3.05, 3.63) is 90.4 Å². The van der Waals surface area contributed by atoms with Crippen molar-refractivity contribution < 1.29 is 14.6 Å². The molecule has 4 rings (SSSR count). The summed E-state index contributed by atoms with van der Waals surface area (Å²) in [5, 5.41) is 12.5. The summed E-state index contributed by atoms with van der Waals surface area (Å²) in [6.45, 7) is 0.239. The lowest BCUT2D eigenvalue weighted by atomic mass is 10.1. The molecular weight excluding hydrogens is 342 g/mol. The summed E-state index contributed by atoms with van der Waals surface area (Å²) >= 11 is 0. The van der Waals surface area contributed by atoms with Gasteiger partial charge in [-0.25, -0.2) is 4.98 Å². The number of benzene rings is 2. The maximum Gasteiger partial charge on any atom is 0.259 e. The SMILES string of the molecule is O=C(Nc1ccccc1O)c1ccccc1OCc1cn2ccccc2n1. The number of fused-ring (bicyclic) bond motifs is 1. The number of pyridine rings is 1. The Morgan fingerprint density at radius 3 is 2.67 bits per heavy atom. The van der Waals surface area contributed by atoms with Crippen molar-refractivity contribution in [2.24, 2.45) is 0 Å². The molecule has 2 aromatic carbocycles. The zero-order valence-corrected chi connectivity index (χ0v) is 14.4. The second-order valence-electron chi connectivity index (χ2n) is 5.95. The number of carbonyl (C=O) groups excluding carboxylic acids is 1. The third kappa shape index (κ3) is 3.59. The molecule has 2 heterocycles. The zero-order chi connectivity index (χ0) is 18.6. The minimum atomic E-state index is -0.359. The van der Waals surface area contributed by atoms with Gasteiger partial charge in [-0.3, -0.25) is 4.79 Å². The summed E-state index contributed by atoms with van der Waals surface area (Å²) in [5.74, 6) is 0.0959. The van der Waals surface area contributed by atoms with Gasteiger partial charge in [0.25, 0.3) is 5.91 Å². The summed E-state index contributed by atoms with van der Waals surface area (Å²) in [4.78, 5) is 17.1. The maximum absolute atomic E-state index is 12.6. The maximum atomic E-state index is 12.6. The molecule has 2 N–H and O–H groups in total. The van der Waals surface area contributed by atoms with Crippen LogP contribution in [0.5, 0.6) is 11.5 Å². The van der Waals surface area contributed by atoms with Crippen LogP contribution in [0, 0.1) is 0 Å². The lowest BCUT2D eigenvalue weighted by Gasteiger charge is -2.11. The molecular formula is C21H17N3O3. The largest absolute Gasteiger partial charge is 0.506 e. The first-order valence-electron chi connectivity index (χ1n) is 8.44. The summed E-state index contributed by atoms with van der Waals surface area (Å²) in [6.07, 6.45) is 3.81. The van der Waals surface area contributed by atoms with Crippen LogP contribution in [0.25, 0.3) is 5.65 Å². The van der Waals surface area contributed by atoms with Crippen molar-refractivity contribution in [1.82, 2.24) is 9.38 Å². The number of anilines is 1. The molecule has 134 valence electrons. The number of hydrogen-bond acceptors (Lipinski definition) is 4. The van der Waals surface area contributed by atoms with Crippen LogP contribution < -0.4 is 10.1 Å². The normalized spacial score (nSPS) is 10.7. The quantitative estimate of drug-likeness (QED) is 0.530. The molecule has 0 fully saturated rings. The molecule has 0 aliphatic carbocycles. The molecule has 0 atom stereocenters. The van der Waals surface area contributed by atoms with Crippen LogP contribution in [0.15, 0.2) is 79.1 Å². The van der Waals surface area contributed by atoms with Gasteiger partial charge in [0.2, 0.25) is 0 Å². The first kappa shape index (κ1) is 16.7. The molecule has 0 radical (unpaired) electrons. The molecule has 6 heteroatoms. The van der Waals surface area contributed by atoms with Crippen molar-refractivity contribution >= 4 is 17.2 Å². The Hall–Kier alpha value is -3.80. The fourth-order valence-corrected chi connectivity index (χ4v) is 2.76. The molecule has 0 saturated heterocycles. The Labute approximate surface area is 155 Å². The van der Waals surface area contributed by atoms with Crippen LogP contribution in [0.1, 0.15) is 16.1 Å². The molecule has 1 amide bonds. The predicted octanol–water partition coefficient (Wildman–Crippen LogP) is 3.87. The number of imidazole rings is 1. The van der Waals surface area contributed by atoms with Gasteiger partial charge in [-0.2, -0.15) is 0 Å². The number of aromatic nitrogens is 2. The smallest absolute Gasteiger partial charge is 0.259 e. The highest BCUT2D eigenvalue weighted by Gasteiger charge is 2.14. The summed E-state index contributed by atoms with van der Waals surface area (Å²) < 4.78 is 7.75. The number of carbonyl (C=O) groups is 1. The highest BCUT2D eigenvalue weighted by atomic mass is 16.5. The van der Waals surface area contributed by atoms with Gasteiger partial charge in [0.15, 0.2) is 0 Å². The van der Waals surface area contributed by atoms with E-state index in [1.807, 2.05) is 35.0 Å². The van der Waals surface area contributed by atoms with Crippen LogP contribution >= 0.6 is 0 Å². The molecule has 4 aromatic rings. The second kappa shape index (κ2) is 7.21. The Morgan fingerprint density at radius 1 is 1.04 bits per heavy atom. The molecule has 0 unspecified atom stereocenters.